The molecule has 0 saturated heterocycles. The molecule has 0 bridgehead atoms. The van der Waals surface area contributed by atoms with Crippen molar-refractivity contribution in [3.63, 3.8) is 0 Å². The Morgan fingerprint density at radius 3 is 2.06 bits per heavy atom. The average molecular weight is 451 g/mol. The highest BCUT2D eigenvalue weighted by Crippen LogP contribution is 2.41. The van der Waals surface area contributed by atoms with E-state index in [0.29, 0.717) is 42.5 Å². The van der Waals surface area contributed by atoms with Crippen molar-refractivity contribution >= 4 is 21.7 Å². The molecule has 0 aromatic heterocycles. The maximum Gasteiger partial charge on any atom is 0.333 e. The van der Waals surface area contributed by atoms with Gasteiger partial charge in [-0.25, -0.2) is 26.7 Å². The average Bonchev–Trinajstić information content (AvgIpc) is 3.33. The van der Waals surface area contributed by atoms with Crippen molar-refractivity contribution in [2.75, 3.05) is 5.32 Å². The van der Waals surface area contributed by atoms with Gasteiger partial charge in [0.25, 0.3) is 10.0 Å². The Morgan fingerprint density at radius 1 is 0.968 bits per heavy atom. The predicted octanol–water partition coefficient (Wildman–Crippen LogP) is 3.68. The smallest absolute Gasteiger partial charge is 0.333 e. The molecule has 2 aromatic carbocycles. The van der Waals surface area contributed by atoms with Crippen LogP contribution in [0.5, 0.6) is 0 Å². The maximum atomic E-state index is 14.8. The quantitative estimate of drug-likeness (QED) is 0.662. The minimum Gasteiger partial charge on any atom is -0.386 e. The van der Waals surface area contributed by atoms with E-state index in [1.807, 2.05) is 4.72 Å². The second-order valence-corrected chi connectivity index (χ2v) is 10.3. The number of nitrogens with one attached hydrogen (secondary N) is 2. The summed E-state index contributed by atoms with van der Waals surface area (Å²) in [4.78, 5) is 12.1. The molecule has 4 rings (SSSR count). The fraction of sp³-hybridized carbons (Fsp3) is 0.409. The topological polar surface area (TPSA) is 95.5 Å². The number of rotatable bonds is 4. The molecule has 2 aromatic rings. The van der Waals surface area contributed by atoms with Gasteiger partial charge in [0.05, 0.1) is 10.5 Å². The van der Waals surface area contributed by atoms with Crippen LogP contribution in [0, 0.1) is 11.6 Å². The van der Waals surface area contributed by atoms with Gasteiger partial charge in [-0.15, -0.1) is 0 Å². The molecule has 0 fully saturated rings. The summed E-state index contributed by atoms with van der Waals surface area (Å²) >= 11 is 0. The van der Waals surface area contributed by atoms with Gasteiger partial charge in [-0.3, -0.25) is 0 Å². The number of fused-ring (bicyclic) bond motifs is 2. The minimum atomic E-state index is -4.41. The minimum absolute atomic E-state index is 0.0578. The first-order chi connectivity index (χ1) is 14.5. The predicted molar refractivity (Wildman–Crippen MR) is 111 cm³/mol. The van der Waals surface area contributed by atoms with E-state index < -0.39 is 32.4 Å². The Balaban J connectivity index is 1.63. The molecule has 166 valence electrons. The van der Waals surface area contributed by atoms with Crippen molar-refractivity contribution < 1.29 is 27.1 Å². The molecule has 0 saturated carbocycles. The monoisotopic (exact) mass is 450 g/mol. The molecule has 0 aliphatic heterocycles. The molecule has 0 atom stereocenters. The van der Waals surface area contributed by atoms with Crippen LogP contribution in [0.1, 0.15) is 54.5 Å². The third kappa shape index (κ3) is 4.04. The van der Waals surface area contributed by atoms with E-state index in [1.54, 1.807) is 0 Å². The number of sulfonamides is 1. The fourth-order valence-corrected chi connectivity index (χ4v) is 5.39. The summed E-state index contributed by atoms with van der Waals surface area (Å²) in [6, 6.07) is 1.93. The first kappa shape index (κ1) is 21.7. The second kappa shape index (κ2) is 7.56. The summed E-state index contributed by atoms with van der Waals surface area (Å²) in [7, 11) is -4.41. The summed E-state index contributed by atoms with van der Waals surface area (Å²) in [6.45, 7) is 2.79. The number of aliphatic hydroxyl groups is 1. The number of halogens is 2. The normalized spacial score (nSPS) is 15.5. The van der Waals surface area contributed by atoms with E-state index in [4.69, 9.17) is 0 Å². The highest BCUT2D eigenvalue weighted by Gasteiger charge is 2.30. The van der Waals surface area contributed by atoms with Crippen LogP contribution in [0.2, 0.25) is 0 Å². The molecule has 0 heterocycles. The van der Waals surface area contributed by atoms with Gasteiger partial charge in [0, 0.05) is 5.69 Å². The highest BCUT2D eigenvalue weighted by molar-refractivity contribution is 7.90. The first-order valence-corrected chi connectivity index (χ1v) is 11.7. The number of carbonyl (C=O) groups is 1. The van der Waals surface area contributed by atoms with E-state index in [-0.39, 0.29) is 11.4 Å². The molecule has 2 aliphatic rings. The Hall–Kier alpha value is -2.52. The lowest BCUT2D eigenvalue weighted by molar-refractivity contribution is 0.0780. The third-order valence-electron chi connectivity index (χ3n) is 5.92. The lowest BCUT2D eigenvalue weighted by atomic mass is 9.98. The third-order valence-corrected chi connectivity index (χ3v) is 7.23. The van der Waals surface area contributed by atoms with Gasteiger partial charge in [-0.1, -0.05) is 0 Å². The van der Waals surface area contributed by atoms with Crippen LogP contribution in [-0.4, -0.2) is 19.6 Å². The fourth-order valence-electron chi connectivity index (χ4n) is 4.43. The Morgan fingerprint density at radius 2 is 1.52 bits per heavy atom. The number of hydrogen-bond donors (Lipinski definition) is 3. The van der Waals surface area contributed by atoms with Crippen molar-refractivity contribution in [3.8, 4) is 0 Å². The number of hydrogen-bond acceptors (Lipinski definition) is 4. The summed E-state index contributed by atoms with van der Waals surface area (Å²) < 4.78 is 56.1. The Kier molecular flexibility index (Phi) is 5.29. The lowest BCUT2D eigenvalue weighted by Gasteiger charge is -2.19. The zero-order valence-electron chi connectivity index (χ0n) is 17.3. The van der Waals surface area contributed by atoms with Gasteiger partial charge in [0.2, 0.25) is 0 Å². The highest BCUT2D eigenvalue weighted by atomic mass is 32.2. The molecule has 9 heteroatoms. The van der Waals surface area contributed by atoms with E-state index in [1.165, 1.54) is 13.8 Å². The molecule has 2 amide bonds. The van der Waals surface area contributed by atoms with Gasteiger partial charge >= 0.3 is 6.03 Å². The van der Waals surface area contributed by atoms with Gasteiger partial charge in [-0.05, 0) is 98.4 Å². The first-order valence-electron chi connectivity index (χ1n) is 10.2. The number of benzene rings is 2. The zero-order valence-corrected chi connectivity index (χ0v) is 18.1. The zero-order chi connectivity index (χ0) is 22.6. The van der Waals surface area contributed by atoms with Gasteiger partial charge in [0.15, 0.2) is 0 Å². The summed E-state index contributed by atoms with van der Waals surface area (Å²) in [6.07, 6.45) is 3.94. The number of amides is 2. The molecule has 0 unspecified atom stereocenters. The molecule has 3 N–H and O–H groups in total. The lowest BCUT2D eigenvalue weighted by Crippen LogP contribution is -2.35. The van der Waals surface area contributed by atoms with Crippen molar-refractivity contribution in [1.82, 2.24) is 4.72 Å². The van der Waals surface area contributed by atoms with Crippen LogP contribution in [0.15, 0.2) is 23.1 Å². The van der Waals surface area contributed by atoms with E-state index in [9.17, 15) is 27.1 Å². The SMILES string of the molecule is CC(C)(O)c1cc(F)cc(S(=O)(=O)NC(=O)Nc2c3c(c(F)c4c2CCC4)CCC3)c1. The molecule has 0 spiro atoms. The van der Waals surface area contributed by atoms with E-state index in [2.05, 4.69) is 5.32 Å². The molecule has 6 nitrogen and oxygen atoms in total. The largest absolute Gasteiger partial charge is 0.386 e. The molecule has 0 radical (unpaired) electrons. The Labute approximate surface area is 179 Å². The van der Waals surface area contributed by atoms with E-state index in [0.717, 1.165) is 42.2 Å². The van der Waals surface area contributed by atoms with E-state index >= 15 is 0 Å². The van der Waals surface area contributed by atoms with Crippen molar-refractivity contribution in [1.29, 1.82) is 0 Å². The summed E-state index contributed by atoms with van der Waals surface area (Å²) in [5.74, 6) is -1.05. The van der Waals surface area contributed by atoms with Crippen molar-refractivity contribution in [3.05, 3.63) is 57.7 Å². The number of urea groups is 1. The van der Waals surface area contributed by atoms with Crippen LogP contribution in [0.4, 0.5) is 19.3 Å². The molecule has 31 heavy (non-hydrogen) atoms. The van der Waals surface area contributed by atoms with Gasteiger partial charge in [0.1, 0.15) is 11.6 Å². The van der Waals surface area contributed by atoms with Crippen LogP contribution in [-0.2, 0) is 41.3 Å². The maximum absolute atomic E-state index is 14.8. The van der Waals surface area contributed by atoms with Crippen LogP contribution in [0.25, 0.3) is 0 Å². The number of anilines is 1. The molecular weight excluding hydrogens is 426 g/mol. The molecule has 2 aliphatic carbocycles. The second-order valence-electron chi connectivity index (χ2n) is 8.60. The van der Waals surface area contributed by atoms with Gasteiger partial charge in [-0.2, -0.15) is 0 Å². The summed E-state index contributed by atoms with van der Waals surface area (Å²) in [5, 5.41) is 12.7. The van der Waals surface area contributed by atoms with Gasteiger partial charge < -0.3 is 10.4 Å². The Bertz CT molecular complexity index is 1150. The van der Waals surface area contributed by atoms with Crippen LogP contribution in [0.3, 0.4) is 0 Å². The van der Waals surface area contributed by atoms with Crippen LogP contribution >= 0.6 is 0 Å². The van der Waals surface area contributed by atoms with Crippen molar-refractivity contribution in [2.24, 2.45) is 0 Å². The standard InChI is InChI=1S/C22H24F2N2O4S/c1-22(2,28)12-9-13(23)11-14(10-12)31(29,30)26-21(27)25-20-17-7-3-5-15(17)19(24)16-6-4-8-18(16)20/h9-11,28H,3-8H2,1-2H3,(H2,25,26,27). The van der Waals surface area contributed by atoms with Crippen molar-refractivity contribution in [2.45, 2.75) is 62.9 Å². The molecular formula is C22H24F2N2O4S. The number of carbonyl (C=O) groups excluding carboxylic acids is 1. The summed E-state index contributed by atoms with van der Waals surface area (Å²) in [5.41, 5.74) is 1.72. The van der Waals surface area contributed by atoms with Crippen LogP contribution < -0.4 is 10.0 Å².